The third kappa shape index (κ3) is 5.38. The van der Waals surface area contributed by atoms with Crippen LogP contribution in [-0.2, 0) is 16.0 Å². The number of methoxy groups -OCH3 is 1. The Morgan fingerprint density at radius 1 is 1.17 bits per heavy atom. The molecule has 0 unspecified atom stereocenters. The van der Waals surface area contributed by atoms with Crippen LogP contribution in [0.25, 0.3) is 0 Å². The van der Waals surface area contributed by atoms with Gasteiger partial charge in [-0.3, -0.25) is 9.59 Å². The molecule has 2 rings (SSSR count). The summed E-state index contributed by atoms with van der Waals surface area (Å²) >= 11 is 3.36. The van der Waals surface area contributed by atoms with E-state index in [2.05, 4.69) is 21.2 Å². The first-order chi connectivity index (χ1) is 11.5. The van der Waals surface area contributed by atoms with Gasteiger partial charge < -0.3 is 15.0 Å². The fraction of sp³-hybridized carbons (Fsp3) is 0.222. The summed E-state index contributed by atoms with van der Waals surface area (Å²) in [6, 6.07) is 14.6. The Morgan fingerprint density at radius 3 is 2.54 bits per heavy atom. The van der Waals surface area contributed by atoms with Crippen LogP contribution in [-0.4, -0.2) is 37.4 Å². The Hall–Kier alpha value is -2.34. The van der Waals surface area contributed by atoms with Gasteiger partial charge in [0.2, 0.25) is 11.8 Å². The van der Waals surface area contributed by atoms with Gasteiger partial charge in [-0.25, -0.2) is 0 Å². The lowest BCUT2D eigenvalue weighted by Gasteiger charge is -2.17. The van der Waals surface area contributed by atoms with E-state index in [0.29, 0.717) is 11.4 Å². The van der Waals surface area contributed by atoms with Crippen LogP contribution in [0.2, 0.25) is 0 Å². The van der Waals surface area contributed by atoms with Crippen LogP contribution in [0, 0.1) is 0 Å². The van der Waals surface area contributed by atoms with E-state index >= 15 is 0 Å². The van der Waals surface area contributed by atoms with Crippen molar-refractivity contribution in [2.75, 3.05) is 26.0 Å². The summed E-state index contributed by atoms with van der Waals surface area (Å²) in [6.45, 7) is -0.00737. The predicted molar refractivity (Wildman–Crippen MR) is 97.1 cm³/mol. The van der Waals surface area contributed by atoms with Crippen LogP contribution in [0.3, 0.4) is 0 Å². The zero-order valence-electron chi connectivity index (χ0n) is 13.6. The second-order valence-electron chi connectivity index (χ2n) is 5.33. The Kier molecular flexibility index (Phi) is 6.37. The number of nitrogens with one attached hydrogen (secondary N) is 1. The fourth-order valence-electron chi connectivity index (χ4n) is 2.12. The molecule has 0 aliphatic heterocycles. The lowest BCUT2D eigenvalue weighted by atomic mass is 10.1. The lowest BCUT2D eigenvalue weighted by Crippen LogP contribution is -2.35. The van der Waals surface area contributed by atoms with Crippen LogP contribution < -0.4 is 10.1 Å². The summed E-state index contributed by atoms with van der Waals surface area (Å²) < 4.78 is 6.07. The molecule has 0 saturated heterocycles. The van der Waals surface area contributed by atoms with Crippen molar-refractivity contribution in [1.29, 1.82) is 0 Å². The number of carbonyl (C=O) groups excluding carboxylic acids is 2. The normalized spacial score (nSPS) is 10.1. The van der Waals surface area contributed by atoms with Crippen LogP contribution in [0.5, 0.6) is 5.75 Å². The molecule has 0 aromatic heterocycles. The minimum Gasteiger partial charge on any atom is -0.497 e. The van der Waals surface area contributed by atoms with Gasteiger partial charge >= 0.3 is 0 Å². The third-order valence-corrected chi connectivity index (χ3v) is 3.96. The summed E-state index contributed by atoms with van der Waals surface area (Å²) in [5.74, 6) is 0.292. The number of amides is 2. The van der Waals surface area contributed by atoms with Crippen molar-refractivity contribution in [3.63, 3.8) is 0 Å². The van der Waals surface area contributed by atoms with Gasteiger partial charge in [-0.1, -0.05) is 34.1 Å². The number of halogens is 1. The van der Waals surface area contributed by atoms with E-state index in [-0.39, 0.29) is 24.8 Å². The minimum atomic E-state index is -0.255. The number of nitrogens with zero attached hydrogens (tertiary/aromatic N) is 1. The Balaban J connectivity index is 1.88. The topological polar surface area (TPSA) is 58.6 Å². The highest BCUT2D eigenvalue weighted by Gasteiger charge is 2.14. The van der Waals surface area contributed by atoms with Crippen LogP contribution in [0.1, 0.15) is 5.56 Å². The van der Waals surface area contributed by atoms with E-state index < -0.39 is 0 Å². The largest absolute Gasteiger partial charge is 0.497 e. The minimum absolute atomic E-state index is 0.00737. The molecule has 5 nitrogen and oxygen atoms in total. The Morgan fingerprint density at radius 2 is 1.88 bits per heavy atom. The molecule has 6 heteroatoms. The van der Waals surface area contributed by atoms with Crippen molar-refractivity contribution in [2.24, 2.45) is 0 Å². The maximum Gasteiger partial charge on any atom is 0.243 e. The summed E-state index contributed by atoms with van der Waals surface area (Å²) in [5, 5.41) is 2.75. The van der Waals surface area contributed by atoms with Crippen molar-refractivity contribution in [3.05, 3.63) is 58.6 Å². The van der Waals surface area contributed by atoms with Gasteiger partial charge in [0.15, 0.2) is 0 Å². The van der Waals surface area contributed by atoms with Gasteiger partial charge in [-0.2, -0.15) is 0 Å². The monoisotopic (exact) mass is 390 g/mol. The number of ether oxygens (including phenoxy) is 1. The summed E-state index contributed by atoms with van der Waals surface area (Å²) in [4.78, 5) is 25.7. The zero-order valence-corrected chi connectivity index (χ0v) is 15.2. The van der Waals surface area contributed by atoms with E-state index in [1.165, 1.54) is 4.90 Å². The summed E-state index contributed by atoms with van der Waals surface area (Å²) in [6.07, 6.45) is 0.260. The maximum atomic E-state index is 12.2. The number of carbonyl (C=O) groups is 2. The van der Waals surface area contributed by atoms with Gasteiger partial charge in [0, 0.05) is 23.3 Å². The number of rotatable bonds is 6. The summed E-state index contributed by atoms with van der Waals surface area (Å²) in [5.41, 5.74) is 1.54. The van der Waals surface area contributed by atoms with Gasteiger partial charge in [-0.05, 0) is 29.8 Å². The number of hydrogen-bond acceptors (Lipinski definition) is 3. The highest BCUT2D eigenvalue weighted by molar-refractivity contribution is 9.10. The van der Waals surface area contributed by atoms with Crippen molar-refractivity contribution in [1.82, 2.24) is 4.90 Å². The first-order valence-electron chi connectivity index (χ1n) is 7.40. The van der Waals surface area contributed by atoms with E-state index in [9.17, 15) is 9.59 Å². The maximum absolute atomic E-state index is 12.2. The van der Waals surface area contributed by atoms with Gasteiger partial charge in [0.05, 0.1) is 20.1 Å². The zero-order chi connectivity index (χ0) is 17.5. The van der Waals surface area contributed by atoms with Gasteiger partial charge in [0.1, 0.15) is 5.75 Å². The van der Waals surface area contributed by atoms with E-state index in [1.54, 1.807) is 38.4 Å². The highest BCUT2D eigenvalue weighted by atomic mass is 79.9. The second-order valence-corrected chi connectivity index (χ2v) is 6.25. The average Bonchev–Trinajstić information content (AvgIpc) is 2.56. The van der Waals surface area contributed by atoms with Gasteiger partial charge in [-0.15, -0.1) is 0 Å². The molecule has 2 amide bonds. The van der Waals surface area contributed by atoms with E-state index in [0.717, 1.165) is 10.0 Å². The smallest absolute Gasteiger partial charge is 0.243 e. The molecule has 0 spiro atoms. The molecule has 24 heavy (non-hydrogen) atoms. The van der Waals surface area contributed by atoms with Gasteiger partial charge in [0.25, 0.3) is 0 Å². The van der Waals surface area contributed by atoms with Crippen molar-refractivity contribution in [2.45, 2.75) is 6.42 Å². The first-order valence-corrected chi connectivity index (χ1v) is 8.19. The number of anilines is 1. The molecule has 0 bridgehead atoms. The molecule has 126 valence electrons. The van der Waals surface area contributed by atoms with Crippen LogP contribution in [0.4, 0.5) is 5.69 Å². The standard InChI is InChI=1S/C18H19BrN2O3/c1-21(18(23)10-13-6-8-14(19)9-7-13)12-17(22)20-15-4-3-5-16(11-15)24-2/h3-9,11H,10,12H2,1-2H3,(H,20,22). The Labute approximate surface area is 149 Å². The summed E-state index contributed by atoms with van der Waals surface area (Å²) in [7, 11) is 3.18. The predicted octanol–water partition coefficient (Wildman–Crippen LogP) is 3.10. The molecular weight excluding hydrogens is 372 g/mol. The van der Waals surface area contributed by atoms with Crippen LogP contribution >= 0.6 is 15.9 Å². The molecule has 0 fully saturated rings. The molecular formula is C18H19BrN2O3. The molecule has 0 heterocycles. The molecule has 0 aliphatic rings. The average molecular weight is 391 g/mol. The second kappa shape index (κ2) is 8.49. The quantitative estimate of drug-likeness (QED) is 0.824. The van der Waals surface area contributed by atoms with Crippen molar-refractivity contribution < 1.29 is 14.3 Å². The van der Waals surface area contributed by atoms with Crippen molar-refractivity contribution >= 4 is 33.4 Å². The number of likely N-dealkylation sites (N-methyl/N-ethyl adjacent to an activating group) is 1. The van der Waals surface area contributed by atoms with Crippen LogP contribution in [0.15, 0.2) is 53.0 Å². The van der Waals surface area contributed by atoms with E-state index in [4.69, 9.17) is 4.74 Å². The highest BCUT2D eigenvalue weighted by Crippen LogP contribution is 2.16. The molecule has 0 radical (unpaired) electrons. The molecule has 0 atom stereocenters. The first kappa shape index (κ1) is 18.0. The van der Waals surface area contributed by atoms with Crippen molar-refractivity contribution in [3.8, 4) is 5.75 Å². The lowest BCUT2D eigenvalue weighted by molar-refractivity contribution is -0.132. The third-order valence-electron chi connectivity index (χ3n) is 3.43. The Bertz CT molecular complexity index is 716. The molecule has 0 saturated carbocycles. The fourth-order valence-corrected chi connectivity index (χ4v) is 2.38. The molecule has 1 N–H and O–H groups in total. The SMILES string of the molecule is COc1cccc(NC(=O)CN(C)C(=O)Cc2ccc(Br)cc2)c1. The number of hydrogen-bond donors (Lipinski definition) is 1. The number of benzene rings is 2. The van der Waals surface area contributed by atoms with E-state index in [1.807, 2.05) is 24.3 Å². The molecule has 2 aromatic rings. The molecule has 0 aliphatic carbocycles. The molecule has 2 aromatic carbocycles.